The third-order valence-corrected chi connectivity index (χ3v) is 5.81. The Morgan fingerprint density at radius 1 is 1.08 bits per heavy atom. The number of likely N-dealkylation sites (tertiary alicyclic amines) is 1. The third kappa shape index (κ3) is 3.80. The molecule has 1 N–H and O–H groups in total. The molecule has 2 amide bonds. The first-order valence-electron chi connectivity index (χ1n) is 9.18. The molecule has 4 heteroatoms. The number of rotatable bonds is 3. The lowest BCUT2D eigenvalue weighted by Gasteiger charge is -2.41. The van der Waals surface area contributed by atoms with Crippen molar-refractivity contribution in [2.75, 3.05) is 19.6 Å². The maximum atomic E-state index is 12.4. The number of aryl methyl sites for hydroxylation is 2. The molecule has 1 aromatic carbocycles. The highest BCUT2D eigenvalue weighted by Crippen LogP contribution is 2.35. The molecule has 130 valence electrons. The Labute approximate surface area is 144 Å². The first-order valence-corrected chi connectivity index (χ1v) is 9.18. The maximum Gasteiger partial charge on any atom is 0.251 e. The molecule has 0 aromatic heterocycles. The summed E-state index contributed by atoms with van der Waals surface area (Å²) in [4.78, 5) is 26.6. The summed E-state index contributed by atoms with van der Waals surface area (Å²) < 4.78 is 0. The van der Waals surface area contributed by atoms with Crippen LogP contribution in [0.3, 0.4) is 0 Å². The molecule has 4 nitrogen and oxygen atoms in total. The standard InChI is InChI=1S/C20H28N2O2/c1-14-7-8-17(11-15(14)2)20(24)21-12-19(23)22-10-9-16-5-3-4-6-18(16)13-22/h7-8,11,16,18H,3-6,9-10,12-13H2,1-2H3,(H,21,24)/t16-,18+/m0/s1. The summed E-state index contributed by atoms with van der Waals surface area (Å²) in [6.07, 6.45) is 6.36. The Kier molecular flexibility index (Phi) is 5.22. The van der Waals surface area contributed by atoms with E-state index in [0.29, 0.717) is 11.5 Å². The molecule has 2 atom stereocenters. The van der Waals surface area contributed by atoms with E-state index in [4.69, 9.17) is 0 Å². The molecule has 24 heavy (non-hydrogen) atoms. The van der Waals surface area contributed by atoms with Crippen molar-refractivity contribution in [2.24, 2.45) is 11.8 Å². The molecule has 1 saturated heterocycles. The summed E-state index contributed by atoms with van der Waals surface area (Å²) in [6, 6.07) is 5.64. The van der Waals surface area contributed by atoms with Crippen LogP contribution in [-0.2, 0) is 4.79 Å². The number of amides is 2. The monoisotopic (exact) mass is 328 g/mol. The van der Waals surface area contributed by atoms with Crippen LogP contribution in [0.4, 0.5) is 0 Å². The van der Waals surface area contributed by atoms with Gasteiger partial charge in [0.1, 0.15) is 0 Å². The van der Waals surface area contributed by atoms with Gasteiger partial charge in [-0.1, -0.05) is 25.3 Å². The van der Waals surface area contributed by atoms with Gasteiger partial charge in [0.2, 0.25) is 5.91 Å². The Bertz CT molecular complexity index is 626. The smallest absolute Gasteiger partial charge is 0.251 e. The number of hydrogen-bond donors (Lipinski definition) is 1. The second kappa shape index (κ2) is 7.37. The van der Waals surface area contributed by atoms with Gasteiger partial charge in [-0.3, -0.25) is 9.59 Å². The van der Waals surface area contributed by atoms with Gasteiger partial charge in [-0.15, -0.1) is 0 Å². The second-order valence-electron chi connectivity index (χ2n) is 7.41. The van der Waals surface area contributed by atoms with Gasteiger partial charge in [0, 0.05) is 18.7 Å². The van der Waals surface area contributed by atoms with E-state index in [0.717, 1.165) is 36.6 Å². The van der Waals surface area contributed by atoms with Crippen molar-refractivity contribution in [3.8, 4) is 0 Å². The molecule has 1 aliphatic carbocycles. The van der Waals surface area contributed by atoms with Crippen LogP contribution in [0.5, 0.6) is 0 Å². The molecule has 0 spiro atoms. The summed E-state index contributed by atoms with van der Waals surface area (Å²) >= 11 is 0. The molecule has 2 aliphatic rings. The van der Waals surface area contributed by atoms with E-state index in [1.54, 1.807) is 0 Å². The zero-order chi connectivity index (χ0) is 17.1. The van der Waals surface area contributed by atoms with E-state index in [9.17, 15) is 9.59 Å². The first-order chi connectivity index (χ1) is 11.5. The average Bonchev–Trinajstić information content (AvgIpc) is 2.61. The largest absolute Gasteiger partial charge is 0.343 e. The summed E-state index contributed by atoms with van der Waals surface area (Å²) in [6.45, 7) is 5.84. The van der Waals surface area contributed by atoms with Gasteiger partial charge >= 0.3 is 0 Å². The molecule has 1 aromatic rings. The van der Waals surface area contributed by atoms with Crippen LogP contribution in [0.1, 0.15) is 53.6 Å². The highest BCUT2D eigenvalue weighted by atomic mass is 16.2. The van der Waals surface area contributed by atoms with Crippen LogP contribution < -0.4 is 5.32 Å². The highest BCUT2D eigenvalue weighted by molar-refractivity contribution is 5.96. The van der Waals surface area contributed by atoms with E-state index >= 15 is 0 Å². The predicted molar refractivity (Wildman–Crippen MR) is 94.9 cm³/mol. The molecule has 1 aliphatic heterocycles. The number of nitrogens with zero attached hydrogens (tertiary/aromatic N) is 1. The van der Waals surface area contributed by atoms with Crippen LogP contribution >= 0.6 is 0 Å². The summed E-state index contributed by atoms with van der Waals surface area (Å²) in [5, 5.41) is 2.78. The highest BCUT2D eigenvalue weighted by Gasteiger charge is 2.32. The van der Waals surface area contributed by atoms with Gasteiger partial charge in [0.25, 0.3) is 5.91 Å². The minimum absolute atomic E-state index is 0.0520. The Morgan fingerprint density at radius 3 is 2.58 bits per heavy atom. The van der Waals surface area contributed by atoms with Gasteiger partial charge in [-0.2, -0.15) is 0 Å². The van der Waals surface area contributed by atoms with Crippen molar-refractivity contribution in [3.05, 3.63) is 34.9 Å². The lowest BCUT2D eigenvalue weighted by atomic mass is 9.75. The molecule has 2 fully saturated rings. The first kappa shape index (κ1) is 17.0. The normalized spacial score (nSPS) is 23.5. The zero-order valence-electron chi connectivity index (χ0n) is 14.8. The van der Waals surface area contributed by atoms with Gasteiger partial charge in [-0.25, -0.2) is 0 Å². The van der Waals surface area contributed by atoms with E-state index in [1.807, 2.05) is 36.9 Å². The minimum atomic E-state index is -0.168. The van der Waals surface area contributed by atoms with Crippen molar-refractivity contribution < 1.29 is 9.59 Å². The van der Waals surface area contributed by atoms with E-state index in [1.165, 1.54) is 25.7 Å². The number of nitrogens with one attached hydrogen (secondary N) is 1. The molecular weight excluding hydrogens is 300 g/mol. The molecule has 3 rings (SSSR count). The van der Waals surface area contributed by atoms with E-state index in [-0.39, 0.29) is 18.4 Å². The fourth-order valence-corrected chi connectivity index (χ4v) is 4.08. The number of benzene rings is 1. The van der Waals surface area contributed by atoms with Crippen LogP contribution in [0.2, 0.25) is 0 Å². The average molecular weight is 328 g/mol. The van der Waals surface area contributed by atoms with Crippen LogP contribution in [0.25, 0.3) is 0 Å². The number of carbonyl (C=O) groups excluding carboxylic acids is 2. The molecule has 1 saturated carbocycles. The van der Waals surface area contributed by atoms with Gasteiger partial charge in [-0.05, 0) is 61.8 Å². The van der Waals surface area contributed by atoms with Crippen molar-refractivity contribution in [1.29, 1.82) is 0 Å². The topological polar surface area (TPSA) is 49.4 Å². The quantitative estimate of drug-likeness (QED) is 0.927. The van der Waals surface area contributed by atoms with Crippen molar-refractivity contribution in [3.63, 3.8) is 0 Å². The molecule has 0 unspecified atom stereocenters. The van der Waals surface area contributed by atoms with E-state index < -0.39 is 0 Å². The Balaban J connectivity index is 1.51. The molecular formula is C20H28N2O2. The van der Waals surface area contributed by atoms with Crippen molar-refractivity contribution in [1.82, 2.24) is 10.2 Å². The van der Waals surface area contributed by atoms with Crippen molar-refractivity contribution >= 4 is 11.8 Å². The second-order valence-corrected chi connectivity index (χ2v) is 7.41. The van der Waals surface area contributed by atoms with Crippen LogP contribution in [0, 0.1) is 25.7 Å². The minimum Gasteiger partial charge on any atom is -0.343 e. The van der Waals surface area contributed by atoms with Gasteiger partial charge < -0.3 is 10.2 Å². The summed E-state index contributed by atoms with van der Waals surface area (Å²) in [5.74, 6) is 1.37. The summed E-state index contributed by atoms with van der Waals surface area (Å²) in [7, 11) is 0. The number of piperidine rings is 1. The Hall–Kier alpha value is -1.84. The molecule has 1 heterocycles. The van der Waals surface area contributed by atoms with Gasteiger partial charge in [0.15, 0.2) is 0 Å². The molecule has 0 bridgehead atoms. The zero-order valence-corrected chi connectivity index (χ0v) is 14.8. The molecule has 0 radical (unpaired) electrons. The maximum absolute atomic E-state index is 12.4. The number of carbonyl (C=O) groups is 2. The number of hydrogen-bond acceptors (Lipinski definition) is 2. The lowest BCUT2D eigenvalue weighted by molar-refractivity contribution is -0.133. The van der Waals surface area contributed by atoms with Crippen LogP contribution in [0.15, 0.2) is 18.2 Å². The SMILES string of the molecule is Cc1ccc(C(=O)NCC(=O)N2CC[C@@H]3CCCC[C@@H]3C2)cc1C. The Morgan fingerprint density at radius 2 is 1.83 bits per heavy atom. The summed E-state index contributed by atoms with van der Waals surface area (Å²) in [5.41, 5.74) is 2.88. The van der Waals surface area contributed by atoms with Gasteiger partial charge in [0.05, 0.1) is 6.54 Å². The lowest BCUT2D eigenvalue weighted by Crippen LogP contribution is -2.48. The number of fused-ring (bicyclic) bond motifs is 1. The third-order valence-electron chi connectivity index (χ3n) is 5.81. The van der Waals surface area contributed by atoms with Crippen LogP contribution in [-0.4, -0.2) is 36.3 Å². The fraction of sp³-hybridized carbons (Fsp3) is 0.600. The predicted octanol–water partition coefficient (Wildman–Crippen LogP) is 3.07. The van der Waals surface area contributed by atoms with E-state index in [2.05, 4.69) is 5.32 Å². The van der Waals surface area contributed by atoms with Crippen molar-refractivity contribution in [2.45, 2.75) is 46.0 Å². The fourth-order valence-electron chi connectivity index (χ4n) is 4.08.